The SMILES string of the molecule is c1ccc(-n2c3ccccc3c3c(-n4c5ccccc5c5cccc(-c6cccc7oc8c(-n9c%10ccccc%10c%10cc([Si](c%11ccccc%11)(c%11ccccc%11)c%11ccccc%11)ccc%109)cccc8c67)c54)cccc32)cc1. The van der Waals surface area contributed by atoms with Crippen molar-refractivity contribution in [2.75, 3.05) is 0 Å². The van der Waals surface area contributed by atoms with Crippen LogP contribution in [-0.4, -0.2) is 21.8 Å². The molecule has 0 aliphatic heterocycles. The van der Waals surface area contributed by atoms with Gasteiger partial charge in [-0.25, -0.2) is 0 Å². The molecule has 16 rings (SSSR count). The highest BCUT2D eigenvalue weighted by atomic mass is 28.3. The molecule has 0 radical (unpaired) electrons. The molecular weight excluding hydrogens is 951 g/mol. The number of hydrogen-bond acceptors (Lipinski definition) is 1. The second-order valence-electron chi connectivity index (χ2n) is 20.3. The van der Waals surface area contributed by atoms with Gasteiger partial charge >= 0.3 is 0 Å². The maximum absolute atomic E-state index is 7.23. The summed E-state index contributed by atoms with van der Waals surface area (Å²) in [5, 5.41) is 14.8. The van der Waals surface area contributed by atoms with Crippen LogP contribution < -0.4 is 20.7 Å². The fourth-order valence-electron chi connectivity index (χ4n) is 13.3. The average Bonchev–Trinajstić information content (AvgIpc) is 4.48. The Bertz CT molecular complexity index is 4870. The zero-order chi connectivity index (χ0) is 50.6. The van der Waals surface area contributed by atoms with Crippen molar-refractivity contribution in [1.82, 2.24) is 13.7 Å². The molecule has 16 aromatic rings. The van der Waals surface area contributed by atoms with Crippen molar-refractivity contribution in [3.63, 3.8) is 0 Å². The lowest BCUT2D eigenvalue weighted by atomic mass is 9.97. The Morgan fingerprint density at radius 2 is 0.753 bits per heavy atom. The second-order valence-corrected chi connectivity index (χ2v) is 24.1. The summed E-state index contributed by atoms with van der Waals surface area (Å²) in [5.41, 5.74) is 14.2. The minimum atomic E-state index is -2.81. The molecule has 0 unspecified atom stereocenters. The molecule has 5 heteroatoms. The summed E-state index contributed by atoms with van der Waals surface area (Å²) < 4.78 is 14.6. The molecule has 0 aliphatic rings. The lowest BCUT2D eigenvalue weighted by molar-refractivity contribution is 0.666. The highest BCUT2D eigenvalue weighted by molar-refractivity contribution is 7.20. The predicted octanol–water partition coefficient (Wildman–Crippen LogP) is 15.9. The summed E-state index contributed by atoms with van der Waals surface area (Å²) in [6.45, 7) is 0. The van der Waals surface area contributed by atoms with Crippen LogP contribution in [0.4, 0.5) is 0 Å². The van der Waals surface area contributed by atoms with Crippen molar-refractivity contribution in [1.29, 1.82) is 0 Å². The van der Waals surface area contributed by atoms with E-state index in [1.54, 1.807) is 0 Å². The van der Waals surface area contributed by atoms with E-state index < -0.39 is 8.07 Å². The first-order valence-electron chi connectivity index (χ1n) is 26.5. The smallest absolute Gasteiger partial charge is 0.179 e. The van der Waals surface area contributed by atoms with E-state index >= 15 is 0 Å². The van der Waals surface area contributed by atoms with E-state index in [1.807, 2.05) is 0 Å². The zero-order valence-corrected chi connectivity index (χ0v) is 42.9. The minimum Gasteiger partial charge on any atom is -0.454 e. The van der Waals surface area contributed by atoms with Gasteiger partial charge in [0.1, 0.15) is 5.58 Å². The normalized spacial score (nSPS) is 12.2. The third-order valence-corrected chi connectivity index (χ3v) is 21.2. The molecule has 4 nitrogen and oxygen atoms in total. The van der Waals surface area contributed by atoms with Crippen molar-refractivity contribution in [2.45, 2.75) is 0 Å². The van der Waals surface area contributed by atoms with Gasteiger partial charge in [-0.15, -0.1) is 0 Å². The first kappa shape index (κ1) is 43.5. The topological polar surface area (TPSA) is 27.9 Å². The number of benzene rings is 12. The molecule has 0 saturated heterocycles. The average molecular weight is 998 g/mol. The van der Waals surface area contributed by atoms with Crippen molar-refractivity contribution < 1.29 is 4.42 Å². The summed E-state index contributed by atoms with van der Waals surface area (Å²) in [7, 11) is -2.81. The number of aromatic nitrogens is 3. The van der Waals surface area contributed by atoms with E-state index in [1.165, 1.54) is 64.1 Å². The third kappa shape index (κ3) is 6.26. The van der Waals surface area contributed by atoms with Crippen LogP contribution in [0.3, 0.4) is 0 Å². The Morgan fingerprint density at radius 1 is 0.273 bits per heavy atom. The molecule has 0 atom stereocenters. The Morgan fingerprint density at radius 3 is 1.44 bits per heavy atom. The molecule has 0 spiro atoms. The van der Waals surface area contributed by atoms with Crippen LogP contribution >= 0.6 is 0 Å². The molecule has 4 heterocycles. The highest BCUT2D eigenvalue weighted by Crippen LogP contribution is 2.46. The van der Waals surface area contributed by atoms with Crippen LogP contribution in [0.2, 0.25) is 0 Å². The van der Waals surface area contributed by atoms with Gasteiger partial charge in [0.2, 0.25) is 0 Å². The van der Waals surface area contributed by atoms with Gasteiger partial charge in [0.05, 0.1) is 44.5 Å². The Kier molecular flexibility index (Phi) is 9.62. The number of para-hydroxylation sites is 6. The van der Waals surface area contributed by atoms with Crippen LogP contribution in [0, 0.1) is 0 Å². The van der Waals surface area contributed by atoms with E-state index in [9.17, 15) is 0 Å². The van der Waals surface area contributed by atoms with Gasteiger partial charge in [-0.1, -0.05) is 224 Å². The Hall–Kier alpha value is -9.94. The fourth-order valence-corrected chi connectivity index (χ4v) is 18.1. The standard InChI is InChI=1S/C72H47N3OSi/c1-5-23-48(24-6-1)73-63-40-18-15-33-58(63)70-65(73)41-22-42-66(70)75-62-39-17-13-31-53(62)56-35-19-36-57(71(56)75)55-34-21-44-68-69(55)59-37-20-43-67(72(59)76-68)74-61-38-16-14-32-54(61)60-47-52(45-46-64(60)74)77(49-25-7-2-8-26-49,50-27-9-3-10-28-50)51-29-11-4-12-30-51/h1-47H. The van der Waals surface area contributed by atoms with Crippen LogP contribution in [0.1, 0.15) is 0 Å². The molecule has 12 aromatic carbocycles. The van der Waals surface area contributed by atoms with Gasteiger partial charge in [0.15, 0.2) is 13.7 Å². The van der Waals surface area contributed by atoms with Crippen molar-refractivity contribution >= 4 is 116 Å². The first-order chi connectivity index (χ1) is 38.3. The number of furan rings is 1. The molecule has 0 saturated carbocycles. The van der Waals surface area contributed by atoms with Crippen molar-refractivity contribution in [2.24, 2.45) is 0 Å². The number of rotatable bonds is 8. The summed E-state index contributed by atoms with van der Waals surface area (Å²) in [5.74, 6) is 0. The third-order valence-electron chi connectivity index (χ3n) is 16.4. The maximum atomic E-state index is 7.23. The number of fused-ring (bicyclic) bond motifs is 12. The molecule has 4 aromatic heterocycles. The molecule has 0 N–H and O–H groups in total. The molecule has 0 aliphatic carbocycles. The van der Waals surface area contributed by atoms with Gasteiger partial charge in [-0.05, 0) is 87.0 Å². The summed E-state index contributed by atoms with van der Waals surface area (Å²) in [6, 6.07) is 105. The largest absolute Gasteiger partial charge is 0.454 e. The van der Waals surface area contributed by atoms with Crippen molar-refractivity contribution in [3.05, 3.63) is 285 Å². The predicted molar refractivity (Wildman–Crippen MR) is 326 cm³/mol. The molecule has 0 amide bonds. The molecule has 360 valence electrons. The van der Waals surface area contributed by atoms with Crippen LogP contribution in [0.25, 0.3) is 116 Å². The quantitative estimate of drug-likeness (QED) is 0.110. The number of nitrogens with zero attached hydrogens (tertiary/aromatic N) is 3. The highest BCUT2D eigenvalue weighted by Gasteiger charge is 2.41. The van der Waals surface area contributed by atoms with Gasteiger partial charge in [0.25, 0.3) is 0 Å². The van der Waals surface area contributed by atoms with Gasteiger partial charge in [0, 0.05) is 54.3 Å². The first-order valence-corrected chi connectivity index (χ1v) is 28.5. The van der Waals surface area contributed by atoms with E-state index in [-0.39, 0.29) is 0 Å². The zero-order valence-electron chi connectivity index (χ0n) is 41.9. The molecule has 0 fully saturated rings. The van der Waals surface area contributed by atoms with E-state index in [2.05, 4.69) is 299 Å². The molecular formula is C72H47N3OSi. The Labute approximate surface area is 445 Å². The molecule has 77 heavy (non-hydrogen) atoms. The summed E-state index contributed by atoms with van der Waals surface area (Å²) in [4.78, 5) is 0. The Balaban J connectivity index is 0.933. The monoisotopic (exact) mass is 997 g/mol. The summed E-state index contributed by atoms with van der Waals surface area (Å²) in [6.07, 6.45) is 0. The summed E-state index contributed by atoms with van der Waals surface area (Å²) >= 11 is 0. The minimum absolute atomic E-state index is 0.852. The van der Waals surface area contributed by atoms with Crippen molar-refractivity contribution in [3.8, 4) is 28.2 Å². The van der Waals surface area contributed by atoms with Gasteiger partial charge in [-0.2, -0.15) is 0 Å². The lowest BCUT2D eigenvalue weighted by Crippen LogP contribution is -2.74. The van der Waals surface area contributed by atoms with Crippen LogP contribution in [0.15, 0.2) is 290 Å². The van der Waals surface area contributed by atoms with E-state index in [0.29, 0.717) is 0 Å². The van der Waals surface area contributed by atoms with Crippen LogP contribution in [0.5, 0.6) is 0 Å². The number of hydrogen-bond donors (Lipinski definition) is 0. The van der Waals surface area contributed by atoms with E-state index in [4.69, 9.17) is 4.42 Å². The fraction of sp³-hybridized carbons (Fsp3) is 0. The maximum Gasteiger partial charge on any atom is 0.179 e. The molecule has 0 bridgehead atoms. The second kappa shape index (κ2) is 17.0. The lowest BCUT2D eigenvalue weighted by Gasteiger charge is -2.34. The van der Waals surface area contributed by atoms with Crippen LogP contribution in [-0.2, 0) is 0 Å². The van der Waals surface area contributed by atoms with Gasteiger partial charge in [-0.3, -0.25) is 0 Å². The van der Waals surface area contributed by atoms with E-state index in [0.717, 1.165) is 72.2 Å². The van der Waals surface area contributed by atoms with Gasteiger partial charge < -0.3 is 18.1 Å².